The van der Waals surface area contributed by atoms with Gasteiger partial charge in [-0.1, -0.05) is 0 Å². The Balaban J connectivity index is 2.18. The van der Waals surface area contributed by atoms with Crippen LogP contribution in [0.25, 0.3) is 0 Å². The number of nitrogens with one attached hydrogen (secondary N) is 2. The van der Waals surface area contributed by atoms with Crippen molar-refractivity contribution in [2.24, 2.45) is 0 Å². The Morgan fingerprint density at radius 3 is 2.45 bits per heavy atom. The molecular formula is C12H13F3N4S. The normalized spacial score (nSPS) is 11.4. The minimum atomic E-state index is -4.40. The number of nitrogens with zero attached hydrogens (tertiary/aromatic N) is 2. The zero-order chi connectivity index (χ0) is 14.8. The van der Waals surface area contributed by atoms with E-state index in [0.717, 1.165) is 22.8 Å². The molecule has 0 saturated carbocycles. The van der Waals surface area contributed by atoms with Gasteiger partial charge in [0.1, 0.15) is 11.6 Å². The quantitative estimate of drug-likeness (QED) is 0.907. The van der Waals surface area contributed by atoms with E-state index in [1.807, 2.05) is 12.3 Å². The molecule has 0 aliphatic rings. The average molecular weight is 302 g/mol. The molecule has 0 fully saturated rings. The summed E-state index contributed by atoms with van der Waals surface area (Å²) in [7, 11) is 1.52. The van der Waals surface area contributed by atoms with Crippen LogP contribution < -0.4 is 10.6 Å². The van der Waals surface area contributed by atoms with E-state index in [4.69, 9.17) is 0 Å². The van der Waals surface area contributed by atoms with Crippen molar-refractivity contribution < 1.29 is 13.2 Å². The van der Waals surface area contributed by atoms with Crippen molar-refractivity contribution in [2.45, 2.75) is 19.6 Å². The van der Waals surface area contributed by atoms with Crippen LogP contribution in [0.1, 0.15) is 16.3 Å². The van der Waals surface area contributed by atoms with E-state index in [2.05, 4.69) is 20.6 Å². The first kappa shape index (κ1) is 14.6. The maximum atomic E-state index is 12.8. The maximum Gasteiger partial charge on any atom is 0.416 e. The zero-order valence-electron chi connectivity index (χ0n) is 10.9. The molecule has 0 aliphatic carbocycles. The monoisotopic (exact) mass is 302 g/mol. The van der Waals surface area contributed by atoms with Gasteiger partial charge in [0.05, 0.1) is 22.8 Å². The van der Waals surface area contributed by atoms with Crippen molar-refractivity contribution in [2.75, 3.05) is 17.7 Å². The Bertz CT molecular complexity index is 595. The van der Waals surface area contributed by atoms with Crippen LogP contribution in [0.2, 0.25) is 0 Å². The lowest BCUT2D eigenvalue weighted by Crippen LogP contribution is -2.10. The van der Waals surface area contributed by atoms with Crippen molar-refractivity contribution in [3.05, 3.63) is 33.8 Å². The zero-order valence-corrected chi connectivity index (χ0v) is 11.7. The molecule has 2 heterocycles. The summed E-state index contributed by atoms with van der Waals surface area (Å²) in [4.78, 5) is 8.27. The van der Waals surface area contributed by atoms with Crippen LogP contribution >= 0.6 is 11.3 Å². The molecule has 0 atom stereocenters. The Morgan fingerprint density at radius 2 is 1.90 bits per heavy atom. The predicted molar refractivity (Wildman–Crippen MR) is 73.0 cm³/mol. The van der Waals surface area contributed by atoms with Crippen LogP contribution in [0.5, 0.6) is 0 Å². The minimum absolute atomic E-state index is 0.162. The van der Waals surface area contributed by atoms with Crippen molar-refractivity contribution in [3.63, 3.8) is 0 Å². The third-order valence-electron chi connectivity index (χ3n) is 2.53. The number of halogens is 3. The number of anilines is 2. The van der Waals surface area contributed by atoms with Crippen molar-refractivity contribution >= 4 is 23.0 Å². The van der Waals surface area contributed by atoms with Crippen LogP contribution in [0.15, 0.2) is 17.5 Å². The van der Waals surface area contributed by atoms with E-state index in [1.165, 1.54) is 18.4 Å². The summed E-state index contributed by atoms with van der Waals surface area (Å²) in [5.41, 5.74) is 0.0338. The first-order valence-corrected chi connectivity index (χ1v) is 6.68. The van der Waals surface area contributed by atoms with Gasteiger partial charge in [0.25, 0.3) is 0 Å². The number of pyridine rings is 1. The highest BCUT2D eigenvalue weighted by atomic mass is 32.1. The highest BCUT2D eigenvalue weighted by Crippen LogP contribution is 2.32. The number of alkyl halides is 3. The smallest absolute Gasteiger partial charge is 0.373 e. The molecule has 0 unspecified atom stereocenters. The Kier molecular flexibility index (Phi) is 4.12. The minimum Gasteiger partial charge on any atom is -0.373 e. The molecule has 0 aliphatic heterocycles. The fourth-order valence-electron chi connectivity index (χ4n) is 1.58. The lowest BCUT2D eigenvalue weighted by atomic mass is 10.2. The summed E-state index contributed by atoms with van der Waals surface area (Å²) in [6.45, 7) is 2.21. The summed E-state index contributed by atoms with van der Waals surface area (Å²) in [6.07, 6.45) is -4.40. The van der Waals surface area contributed by atoms with Gasteiger partial charge in [0, 0.05) is 12.4 Å². The van der Waals surface area contributed by atoms with Crippen LogP contribution in [0.4, 0.5) is 24.8 Å². The average Bonchev–Trinajstić information content (AvgIpc) is 2.81. The standard InChI is InChI=1S/C12H13F3N4S/c1-7-18-9(6-20-7)5-17-11-4-8(12(13,14)15)3-10(16-2)19-11/h3-4,6H,5H2,1-2H3,(H2,16,17,19). The second-order valence-corrected chi connectivity index (χ2v) is 5.15. The third-order valence-corrected chi connectivity index (χ3v) is 3.35. The molecule has 2 aromatic rings. The molecule has 2 N–H and O–H groups in total. The van der Waals surface area contributed by atoms with E-state index in [9.17, 15) is 13.2 Å². The molecule has 4 nitrogen and oxygen atoms in total. The molecule has 0 aromatic carbocycles. The fraction of sp³-hybridized carbons (Fsp3) is 0.333. The molecule has 0 spiro atoms. The van der Waals surface area contributed by atoms with Crippen molar-refractivity contribution in [1.82, 2.24) is 9.97 Å². The molecule has 0 radical (unpaired) electrons. The Hall–Kier alpha value is -1.83. The van der Waals surface area contributed by atoms with Gasteiger partial charge in [-0.25, -0.2) is 9.97 Å². The van der Waals surface area contributed by atoms with Gasteiger partial charge in [-0.3, -0.25) is 0 Å². The van der Waals surface area contributed by atoms with Crippen LogP contribution in [-0.4, -0.2) is 17.0 Å². The van der Waals surface area contributed by atoms with E-state index < -0.39 is 11.7 Å². The van der Waals surface area contributed by atoms with Gasteiger partial charge in [-0.15, -0.1) is 11.3 Å². The molecule has 20 heavy (non-hydrogen) atoms. The van der Waals surface area contributed by atoms with Gasteiger partial charge < -0.3 is 10.6 Å². The van der Waals surface area contributed by atoms with E-state index in [-0.39, 0.29) is 11.6 Å². The number of rotatable bonds is 4. The highest BCUT2D eigenvalue weighted by Gasteiger charge is 2.31. The van der Waals surface area contributed by atoms with Crippen molar-refractivity contribution in [1.29, 1.82) is 0 Å². The van der Waals surface area contributed by atoms with E-state index in [0.29, 0.717) is 6.54 Å². The van der Waals surface area contributed by atoms with Crippen LogP contribution in [-0.2, 0) is 12.7 Å². The predicted octanol–water partition coefficient (Wildman–Crippen LogP) is 3.52. The second kappa shape index (κ2) is 5.66. The molecular weight excluding hydrogens is 289 g/mol. The fourth-order valence-corrected chi connectivity index (χ4v) is 2.20. The molecule has 2 rings (SSSR count). The number of aryl methyl sites for hydroxylation is 1. The number of hydrogen-bond acceptors (Lipinski definition) is 5. The van der Waals surface area contributed by atoms with Crippen LogP contribution in [0, 0.1) is 6.92 Å². The summed E-state index contributed by atoms with van der Waals surface area (Å²) >= 11 is 1.49. The second-order valence-electron chi connectivity index (χ2n) is 4.09. The van der Waals surface area contributed by atoms with Gasteiger partial charge in [0.2, 0.25) is 0 Å². The highest BCUT2D eigenvalue weighted by molar-refractivity contribution is 7.09. The first-order valence-electron chi connectivity index (χ1n) is 5.80. The van der Waals surface area contributed by atoms with Gasteiger partial charge in [-0.2, -0.15) is 13.2 Å². The molecule has 2 aromatic heterocycles. The molecule has 108 valence electrons. The number of thiazole rings is 1. The van der Waals surface area contributed by atoms with Gasteiger partial charge >= 0.3 is 6.18 Å². The first-order chi connectivity index (χ1) is 9.38. The topological polar surface area (TPSA) is 49.8 Å². The summed E-state index contributed by atoms with van der Waals surface area (Å²) in [5.74, 6) is 0.326. The molecule has 0 bridgehead atoms. The Labute approximate surface area is 118 Å². The Morgan fingerprint density at radius 1 is 1.20 bits per heavy atom. The van der Waals surface area contributed by atoms with Crippen molar-refractivity contribution in [3.8, 4) is 0 Å². The largest absolute Gasteiger partial charge is 0.416 e. The van der Waals surface area contributed by atoms with E-state index >= 15 is 0 Å². The number of hydrogen-bond donors (Lipinski definition) is 2. The molecule has 0 saturated heterocycles. The SMILES string of the molecule is CNc1cc(C(F)(F)F)cc(NCc2csc(C)n2)n1. The third kappa shape index (κ3) is 3.60. The summed E-state index contributed by atoms with van der Waals surface area (Å²) in [5, 5.41) is 8.24. The maximum absolute atomic E-state index is 12.8. The summed E-state index contributed by atoms with van der Waals surface area (Å²) < 4.78 is 38.3. The van der Waals surface area contributed by atoms with Crippen LogP contribution in [0.3, 0.4) is 0 Å². The molecule has 8 heteroatoms. The molecule has 0 amide bonds. The lowest BCUT2D eigenvalue weighted by molar-refractivity contribution is -0.137. The van der Waals surface area contributed by atoms with Gasteiger partial charge in [-0.05, 0) is 19.1 Å². The van der Waals surface area contributed by atoms with Gasteiger partial charge in [0.15, 0.2) is 0 Å². The summed E-state index contributed by atoms with van der Waals surface area (Å²) in [6, 6.07) is 1.96. The number of aromatic nitrogens is 2. The lowest BCUT2D eigenvalue weighted by Gasteiger charge is -2.12. The van der Waals surface area contributed by atoms with E-state index in [1.54, 1.807) is 0 Å².